The lowest BCUT2D eigenvalue weighted by atomic mass is 10.1. The molecule has 20 heavy (non-hydrogen) atoms. The first-order valence-electron chi connectivity index (χ1n) is 6.93. The number of hydrogen-bond donors (Lipinski definition) is 0. The summed E-state index contributed by atoms with van der Waals surface area (Å²) in [6, 6.07) is 10.3. The van der Waals surface area contributed by atoms with Gasteiger partial charge < -0.3 is 4.90 Å². The van der Waals surface area contributed by atoms with Crippen molar-refractivity contribution in [2.24, 2.45) is 5.92 Å². The molecule has 104 valence electrons. The van der Waals surface area contributed by atoms with Gasteiger partial charge in [0.05, 0.1) is 5.52 Å². The van der Waals surface area contributed by atoms with Crippen molar-refractivity contribution in [3.05, 3.63) is 42.1 Å². The summed E-state index contributed by atoms with van der Waals surface area (Å²) in [5.41, 5.74) is 2.25. The molecule has 2 aromatic rings. The fourth-order valence-corrected chi connectivity index (χ4v) is 2.92. The lowest BCUT2D eigenvalue weighted by Crippen LogP contribution is -2.27. The number of halogens is 1. The van der Waals surface area contributed by atoms with Crippen LogP contribution in [0.4, 0.5) is 0 Å². The summed E-state index contributed by atoms with van der Waals surface area (Å²) in [4.78, 5) is 18.1. The van der Waals surface area contributed by atoms with Gasteiger partial charge in [0.15, 0.2) is 0 Å². The highest BCUT2D eigenvalue weighted by Crippen LogP contribution is 2.20. The summed E-state index contributed by atoms with van der Waals surface area (Å²) in [6.07, 6.45) is 3.29. The number of carbonyl (C=O) groups is 1. The van der Waals surface area contributed by atoms with Crippen molar-refractivity contribution in [1.29, 1.82) is 0 Å². The minimum atomic E-state index is 0.234. The molecule has 4 heteroatoms. The Hall–Kier alpha value is -1.61. The molecule has 0 saturated carbocycles. The molecule has 1 fully saturated rings. The molecule has 1 aliphatic rings. The van der Waals surface area contributed by atoms with E-state index in [0.717, 1.165) is 30.4 Å². The fourth-order valence-electron chi connectivity index (χ4n) is 2.72. The molecule has 1 aliphatic heterocycles. The van der Waals surface area contributed by atoms with E-state index in [1.165, 1.54) is 5.56 Å². The molecule has 0 radical (unpaired) electrons. The summed E-state index contributed by atoms with van der Waals surface area (Å²) < 4.78 is 0. The van der Waals surface area contributed by atoms with Crippen LogP contribution >= 0.6 is 11.6 Å². The Morgan fingerprint density at radius 3 is 3.05 bits per heavy atom. The van der Waals surface area contributed by atoms with Gasteiger partial charge >= 0.3 is 0 Å². The van der Waals surface area contributed by atoms with E-state index in [2.05, 4.69) is 23.2 Å². The smallest absolute Gasteiger partial charge is 0.222 e. The van der Waals surface area contributed by atoms with Crippen molar-refractivity contribution in [2.75, 3.05) is 19.0 Å². The Kier molecular flexibility index (Phi) is 3.88. The number of likely N-dealkylation sites (tertiary alicyclic amines) is 1. The van der Waals surface area contributed by atoms with Gasteiger partial charge in [-0.05, 0) is 36.1 Å². The first-order valence-corrected chi connectivity index (χ1v) is 7.47. The third-order valence-corrected chi connectivity index (χ3v) is 4.29. The number of amides is 1. The molecule has 2 heterocycles. The average Bonchev–Trinajstić information content (AvgIpc) is 2.85. The number of aromatic nitrogens is 1. The van der Waals surface area contributed by atoms with Crippen molar-refractivity contribution >= 4 is 28.4 Å². The van der Waals surface area contributed by atoms with Crippen LogP contribution in [0.15, 0.2) is 36.5 Å². The van der Waals surface area contributed by atoms with Crippen LogP contribution in [-0.4, -0.2) is 34.8 Å². The van der Waals surface area contributed by atoms with E-state index < -0.39 is 0 Å². The number of nitrogens with zero attached hydrogens (tertiary/aromatic N) is 2. The highest BCUT2D eigenvalue weighted by Gasteiger charge is 2.28. The predicted octanol–water partition coefficient (Wildman–Crippen LogP) is 2.86. The molecule has 3 rings (SSSR count). The molecule has 1 aromatic carbocycles. The molecule has 1 aromatic heterocycles. The van der Waals surface area contributed by atoms with Gasteiger partial charge in [0.25, 0.3) is 0 Å². The second-order valence-electron chi connectivity index (χ2n) is 5.34. The highest BCUT2D eigenvalue weighted by molar-refractivity contribution is 6.18. The van der Waals surface area contributed by atoms with Gasteiger partial charge in [-0.1, -0.05) is 12.1 Å². The van der Waals surface area contributed by atoms with E-state index >= 15 is 0 Å². The zero-order chi connectivity index (χ0) is 13.9. The first kappa shape index (κ1) is 13.4. The minimum Gasteiger partial charge on any atom is -0.342 e. The van der Waals surface area contributed by atoms with Crippen molar-refractivity contribution in [3.8, 4) is 0 Å². The lowest BCUT2D eigenvalue weighted by Gasteiger charge is -2.16. The molecule has 1 saturated heterocycles. The number of carbonyl (C=O) groups excluding carboxylic acids is 1. The molecule has 1 atom stereocenters. The highest BCUT2D eigenvalue weighted by atomic mass is 35.5. The van der Waals surface area contributed by atoms with Gasteiger partial charge in [0.2, 0.25) is 5.91 Å². The monoisotopic (exact) mass is 288 g/mol. The second kappa shape index (κ2) is 5.80. The van der Waals surface area contributed by atoms with Crippen molar-refractivity contribution in [2.45, 2.75) is 12.8 Å². The Morgan fingerprint density at radius 2 is 2.25 bits per heavy atom. The second-order valence-corrected chi connectivity index (χ2v) is 5.65. The summed E-state index contributed by atoms with van der Waals surface area (Å²) in [6.45, 7) is 1.58. The molecular formula is C16H17ClN2O. The van der Waals surface area contributed by atoms with Gasteiger partial charge in [-0.2, -0.15) is 0 Å². The van der Waals surface area contributed by atoms with E-state index in [1.807, 2.05) is 17.0 Å². The van der Waals surface area contributed by atoms with E-state index in [-0.39, 0.29) is 5.91 Å². The van der Waals surface area contributed by atoms with Gasteiger partial charge in [0, 0.05) is 37.0 Å². The predicted molar refractivity (Wildman–Crippen MR) is 80.9 cm³/mol. The Bertz CT molecular complexity index is 629. The molecule has 1 unspecified atom stereocenters. The number of hydrogen-bond acceptors (Lipinski definition) is 2. The average molecular weight is 289 g/mol. The maximum atomic E-state index is 11.8. The molecule has 0 bridgehead atoms. The summed E-state index contributed by atoms with van der Waals surface area (Å²) in [7, 11) is 0. The topological polar surface area (TPSA) is 33.2 Å². The van der Waals surface area contributed by atoms with E-state index in [9.17, 15) is 4.79 Å². The van der Waals surface area contributed by atoms with Crippen LogP contribution in [0.5, 0.6) is 0 Å². The molecular weight excluding hydrogens is 272 g/mol. The molecule has 1 amide bonds. The zero-order valence-electron chi connectivity index (χ0n) is 11.3. The number of pyridine rings is 1. The standard InChI is InChI=1S/C16H17ClN2O/c17-10-13-9-16(20)19(11-13)7-5-12-3-4-15-14(8-12)2-1-6-18-15/h1-4,6,8,13H,5,7,9-11H2. The largest absolute Gasteiger partial charge is 0.342 e. The molecule has 0 N–H and O–H groups in total. The number of fused-ring (bicyclic) bond motifs is 1. The summed E-state index contributed by atoms with van der Waals surface area (Å²) in [5.74, 6) is 1.13. The van der Waals surface area contributed by atoms with Gasteiger partial charge in [-0.3, -0.25) is 9.78 Å². The first-order chi connectivity index (χ1) is 9.76. The Balaban J connectivity index is 1.66. The van der Waals surface area contributed by atoms with E-state index in [0.29, 0.717) is 18.2 Å². The zero-order valence-corrected chi connectivity index (χ0v) is 12.0. The van der Waals surface area contributed by atoms with Crippen LogP contribution < -0.4 is 0 Å². The van der Waals surface area contributed by atoms with Crippen molar-refractivity contribution in [3.63, 3.8) is 0 Å². The summed E-state index contributed by atoms with van der Waals surface area (Å²) >= 11 is 5.84. The quantitative estimate of drug-likeness (QED) is 0.811. The maximum Gasteiger partial charge on any atom is 0.222 e. The van der Waals surface area contributed by atoms with Crippen molar-refractivity contribution < 1.29 is 4.79 Å². The van der Waals surface area contributed by atoms with Gasteiger partial charge in [0.1, 0.15) is 0 Å². The molecule has 0 aliphatic carbocycles. The van der Waals surface area contributed by atoms with E-state index in [4.69, 9.17) is 11.6 Å². The number of rotatable bonds is 4. The Labute approximate surface area is 123 Å². The maximum absolute atomic E-state index is 11.8. The van der Waals surface area contributed by atoms with Gasteiger partial charge in [-0.15, -0.1) is 11.6 Å². The molecule has 0 spiro atoms. The number of alkyl halides is 1. The van der Waals surface area contributed by atoms with Crippen LogP contribution in [-0.2, 0) is 11.2 Å². The summed E-state index contributed by atoms with van der Waals surface area (Å²) in [5, 5.41) is 1.15. The van der Waals surface area contributed by atoms with Crippen LogP contribution in [0.25, 0.3) is 10.9 Å². The normalized spacial score (nSPS) is 18.9. The van der Waals surface area contributed by atoms with Crippen LogP contribution in [0, 0.1) is 5.92 Å². The fraction of sp³-hybridized carbons (Fsp3) is 0.375. The van der Waals surface area contributed by atoms with Crippen LogP contribution in [0.1, 0.15) is 12.0 Å². The van der Waals surface area contributed by atoms with Crippen molar-refractivity contribution in [1.82, 2.24) is 9.88 Å². The third-order valence-electron chi connectivity index (χ3n) is 3.85. The van der Waals surface area contributed by atoms with Gasteiger partial charge in [-0.25, -0.2) is 0 Å². The van der Waals surface area contributed by atoms with Crippen LogP contribution in [0.3, 0.4) is 0 Å². The molecule has 3 nitrogen and oxygen atoms in total. The number of benzene rings is 1. The Morgan fingerprint density at radius 1 is 1.35 bits per heavy atom. The van der Waals surface area contributed by atoms with Crippen LogP contribution in [0.2, 0.25) is 0 Å². The third kappa shape index (κ3) is 2.78. The SMILES string of the molecule is O=C1CC(CCl)CN1CCc1ccc2ncccc2c1. The van der Waals surface area contributed by atoms with E-state index in [1.54, 1.807) is 6.20 Å². The minimum absolute atomic E-state index is 0.234. The lowest BCUT2D eigenvalue weighted by molar-refractivity contribution is -0.127.